The van der Waals surface area contributed by atoms with E-state index in [9.17, 15) is 4.79 Å². The molecule has 3 rings (SSSR count). The molecule has 1 unspecified atom stereocenters. The van der Waals surface area contributed by atoms with E-state index >= 15 is 0 Å². The van der Waals surface area contributed by atoms with Crippen molar-refractivity contribution in [3.05, 3.63) is 53.1 Å². The smallest absolute Gasteiger partial charge is 0.282 e. The number of carbonyl (C=O) groups excluding carboxylic acids is 1. The molecule has 1 amide bonds. The molecule has 1 saturated heterocycles. The minimum Gasteiger partial charge on any atom is -0.497 e. The van der Waals surface area contributed by atoms with Crippen LogP contribution >= 0.6 is 11.6 Å². The minimum atomic E-state index is -0.181. The quantitative estimate of drug-likeness (QED) is 0.798. The van der Waals surface area contributed by atoms with Crippen LogP contribution in [0.15, 0.2) is 42.5 Å². The van der Waals surface area contributed by atoms with Gasteiger partial charge in [-0.3, -0.25) is 4.79 Å². The van der Waals surface area contributed by atoms with Gasteiger partial charge in [-0.2, -0.15) is 0 Å². The van der Waals surface area contributed by atoms with Gasteiger partial charge in [-0.05, 0) is 43.3 Å². The molecule has 0 saturated carbocycles. The monoisotopic (exact) mass is 389 g/mol. The number of ether oxygens (including phenoxy) is 2. The summed E-state index contributed by atoms with van der Waals surface area (Å²) in [6, 6.07) is 13.1. The highest BCUT2D eigenvalue weighted by molar-refractivity contribution is 6.30. The van der Waals surface area contributed by atoms with E-state index in [1.807, 2.05) is 31.2 Å². The second-order valence-electron chi connectivity index (χ2n) is 6.85. The number of methoxy groups -OCH3 is 2. The molecule has 6 heteroatoms. The Morgan fingerprint density at radius 2 is 1.93 bits per heavy atom. The highest BCUT2D eigenvalue weighted by Gasteiger charge is 2.38. The topological polar surface area (TPSA) is 52.0 Å². The molecule has 3 atom stereocenters. The van der Waals surface area contributed by atoms with Crippen LogP contribution in [0.5, 0.6) is 11.5 Å². The molecule has 0 radical (unpaired) electrons. The third kappa shape index (κ3) is 4.37. The molecule has 0 spiro atoms. The maximum absolute atomic E-state index is 12.8. The van der Waals surface area contributed by atoms with Crippen LogP contribution in [0.4, 0.5) is 5.69 Å². The Hall–Kier alpha value is -2.24. The van der Waals surface area contributed by atoms with Crippen molar-refractivity contribution < 1.29 is 19.2 Å². The zero-order valence-corrected chi connectivity index (χ0v) is 16.7. The van der Waals surface area contributed by atoms with Gasteiger partial charge >= 0.3 is 0 Å². The first-order valence-corrected chi connectivity index (χ1v) is 9.55. The number of hydrogen-bond donors (Lipinski definition) is 2. The summed E-state index contributed by atoms with van der Waals surface area (Å²) in [7, 11) is 3.31. The van der Waals surface area contributed by atoms with E-state index in [0.29, 0.717) is 5.02 Å². The number of quaternary nitrogens is 1. The minimum absolute atomic E-state index is 0.00620. The van der Waals surface area contributed by atoms with Gasteiger partial charge in [-0.25, -0.2) is 0 Å². The highest BCUT2D eigenvalue weighted by Crippen LogP contribution is 2.32. The Balaban J connectivity index is 1.77. The maximum Gasteiger partial charge on any atom is 0.282 e. The van der Waals surface area contributed by atoms with Gasteiger partial charge in [0.1, 0.15) is 17.5 Å². The van der Waals surface area contributed by atoms with Crippen molar-refractivity contribution in [1.29, 1.82) is 0 Å². The summed E-state index contributed by atoms with van der Waals surface area (Å²) >= 11 is 5.91. The second kappa shape index (κ2) is 8.63. The average Bonchev–Trinajstić information content (AvgIpc) is 3.18. The number of carbonyl (C=O) groups is 1. The lowest BCUT2D eigenvalue weighted by Crippen LogP contribution is -3.15. The Morgan fingerprint density at radius 3 is 2.59 bits per heavy atom. The van der Waals surface area contributed by atoms with Crippen molar-refractivity contribution in [2.75, 3.05) is 26.1 Å². The Labute approximate surface area is 165 Å². The molecule has 0 aromatic heterocycles. The van der Waals surface area contributed by atoms with Gasteiger partial charge in [0.15, 0.2) is 6.04 Å². The fraction of sp³-hybridized carbons (Fsp3) is 0.381. The molecule has 1 aliphatic rings. The number of likely N-dealkylation sites (tertiary alicyclic amines) is 1. The predicted octanol–water partition coefficient (Wildman–Crippen LogP) is 3.10. The number of amides is 1. The number of benzene rings is 2. The molecule has 2 aromatic rings. The molecule has 144 valence electrons. The van der Waals surface area contributed by atoms with Crippen molar-refractivity contribution in [3.8, 4) is 11.5 Å². The molecule has 2 aromatic carbocycles. The van der Waals surface area contributed by atoms with Gasteiger partial charge < -0.3 is 19.7 Å². The van der Waals surface area contributed by atoms with Crippen molar-refractivity contribution >= 4 is 23.2 Å². The van der Waals surface area contributed by atoms with E-state index in [2.05, 4.69) is 11.4 Å². The van der Waals surface area contributed by atoms with Gasteiger partial charge in [-0.15, -0.1) is 0 Å². The third-order valence-corrected chi connectivity index (χ3v) is 5.54. The van der Waals surface area contributed by atoms with Crippen LogP contribution in [-0.4, -0.2) is 32.7 Å². The average molecular weight is 390 g/mol. The van der Waals surface area contributed by atoms with Gasteiger partial charge in [0.25, 0.3) is 5.91 Å². The molecule has 1 heterocycles. The number of nitrogens with one attached hydrogen (secondary N) is 2. The summed E-state index contributed by atoms with van der Waals surface area (Å²) in [4.78, 5) is 14.1. The number of rotatable bonds is 6. The standard InChI is InChI=1S/C21H25ClN2O3/c1-14(21(25)23-16-8-6-15(22)7-9-16)24-12-4-5-19(24)18-11-10-17(26-2)13-20(18)27-3/h6-11,13-14,19H,4-5,12H2,1-3H3,(H,23,25)/p+1/t14-,19+/m0/s1. The van der Waals surface area contributed by atoms with Crippen LogP contribution in [-0.2, 0) is 4.79 Å². The van der Waals surface area contributed by atoms with Crippen molar-refractivity contribution in [2.45, 2.75) is 31.8 Å². The summed E-state index contributed by atoms with van der Waals surface area (Å²) in [5, 5.41) is 3.65. The van der Waals surface area contributed by atoms with Crippen molar-refractivity contribution in [3.63, 3.8) is 0 Å². The van der Waals surface area contributed by atoms with Gasteiger partial charge in [0.2, 0.25) is 0 Å². The first-order valence-electron chi connectivity index (χ1n) is 9.17. The number of halogens is 1. The molecular weight excluding hydrogens is 364 g/mol. The molecule has 2 N–H and O–H groups in total. The number of anilines is 1. The van der Waals surface area contributed by atoms with Crippen molar-refractivity contribution in [2.24, 2.45) is 0 Å². The molecule has 0 bridgehead atoms. The van der Waals surface area contributed by atoms with E-state index in [1.54, 1.807) is 26.4 Å². The molecular formula is C21H26ClN2O3+. The Kier molecular flexibility index (Phi) is 6.24. The summed E-state index contributed by atoms with van der Waals surface area (Å²) in [6.07, 6.45) is 2.10. The maximum atomic E-state index is 12.8. The van der Waals surface area contributed by atoms with E-state index in [1.165, 1.54) is 4.90 Å². The molecule has 27 heavy (non-hydrogen) atoms. The van der Waals surface area contributed by atoms with Gasteiger partial charge in [0.05, 0.1) is 26.3 Å². The van der Waals surface area contributed by atoms with E-state index in [4.69, 9.17) is 21.1 Å². The van der Waals surface area contributed by atoms with Crippen LogP contribution in [0.2, 0.25) is 5.02 Å². The molecule has 1 fully saturated rings. The lowest BCUT2D eigenvalue weighted by molar-refractivity contribution is -0.932. The fourth-order valence-corrected chi connectivity index (χ4v) is 3.93. The Morgan fingerprint density at radius 1 is 1.19 bits per heavy atom. The summed E-state index contributed by atoms with van der Waals surface area (Å²) < 4.78 is 10.9. The molecule has 5 nitrogen and oxygen atoms in total. The first kappa shape index (κ1) is 19.5. The molecule has 1 aliphatic heterocycles. The lowest BCUT2D eigenvalue weighted by Gasteiger charge is -2.28. The normalized spacial score (nSPS) is 20.1. The third-order valence-electron chi connectivity index (χ3n) is 5.28. The number of hydrogen-bond acceptors (Lipinski definition) is 3. The summed E-state index contributed by atoms with van der Waals surface area (Å²) in [6.45, 7) is 2.93. The highest BCUT2D eigenvalue weighted by atomic mass is 35.5. The SMILES string of the molecule is COc1ccc([C@H]2CCC[NH+]2[C@@H](C)C(=O)Nc2ccc(Cl)cc2)c(OC)c1. The second-order valence-corrected chi connectivity index (χ2v) is 7.28. The van der Waals surface area contributed by atoms with Crippen LogP contribution in [0.3, 0.4) is 0 Å². The van der Waals surface area contributed by atoms with Crippen molar-refractivity contribution in [1.82, 2.24) is 0 Å². The zero-order chi connectivity index (χ0) is 19.4. The fourth-order valence-electron chi connectivity index (χ4n) is 3.80. The predicted molar refractivity (Wildman–Crippen MR) is 107 cm³/mol. The van der Waals surface area contributed by atoms with Crippen LogP contribution < -0.4 is 19.7 Å². The van der Waals surface area contributed by atoms with Crippen LogP contribution in [0.25, 0.3) is 0 Å². The van der Waals surface area contributed by atoms with Gasteiger partial charge in [0, 0.05) is 29.6 Å². The van der Waals surface area contributed by atoms with Crippen LogP contribution in [0.1, 0.15) is 31.4 Å². The first-order chi connectivity index (χ1) is 13.0. The van der Waals surface area contributed by atoms with Gasteiger partial charge in [-0.1, -0.05) is 11.6 Å². The lowest BCUT2D eigenvalue weighted by atomic mass is 10.0. The van der Waals surface area contributed by atoms with Crippen LogP contribution in [0, 0.1) is 0 Å². The van der Waals surface area contributed by atoms with E-state index < -0.39 is 0 Å². The van der Waals surface area contributed by atoms with E-state index in [0.717, 1.165) is 42.1 Å². The Bertz CT molecular complexity index is 795. The zero-order valence-electron chi connectivity index (χ0n) is 15.9. The summed E-state index contributed by atoms with van der Waals surface area (Å²) in [5.74, 6) is 1.58. The van der Waals surface area contributed by atoms with E-state index in [-0.39, 0.29) is 18.0 Å². The molecule has 0 aliphatic carbocycles. The largest absolute Gasteiger partial charge is 0.497 e. The summed E-state index contributed by atoms with van der Waals surface area (Å²) in [5.41, 5.74) is 1.88.